The zero-order valence-electron chi connectivity index (χ0n) is 30.4. The Morgan fingerprint density at radius 3 is 1.38 bits per heavy atom. The Kier molecular flexibility index (Phi) is 9.11. The number of fused-ring (bicyclic) bond motifs is 2. The van der Waals surface area contributed by atoms with Gasteiger partial charge in [0.05, 0.1) is 26.6 Å². The highest BCUT2D eigenvalue weighted by molar-refractivity contribution is 8.15. The Hall–Kier alpha value is -6.47. The Labute approximate surface area is 335 Å². The molecule has 0 saturated carbocycles. The molecule has 0 saturated heterocycles. The fourth-order valence-electron chi connectivity index (χ4n) is 7.39. The monoisotopic (exact) mass is 756 g/mol. The molecule has 0 bridgehead atoms. The van der Waals surface area contributed by atoms with Gasteiger partial charge in [-0.2, -0.15) is 0 Å². The summed E-state index contributed by atoms with van der Waals surface area (Å²) in [6, 6.07) is 64.9. The second-order valence-electron chi connectivity index (χ2n) is 13.8. The highest BCUT2D eigenvalue weighted by atomic mass is 32.2. The number of aromatic nitrogens is 1. The molecule has 2 heterocycles. The normalized spacial score (nSPS) is 15.8. The van der Waals surface area contributed by atoms with Gasteiger partial charge in [0.25, 0.3) is 0 Å². The number of hydrogen-bond acceptors (Lipinski definition) is 6. The molecule has 2 unspecified atom stereocenters. The summed E-state index contributed by atoms with van der Waals surface area (Å²) in [5.74, 6) is 0. The van der Waals surface area contributed by atoms with E-state index in [4.69, 9.17) is 9.98 Å². The molecule has 7 aromatic carbocycles. The van der Waals surface area contributed by atoms with Gasteiger partial charge < -0.3 is 9.80 Å². The predicted molar refractivity (Wildman–Crippen MR) is 240 cm³/mol. The molecule has 0 N–H and O–H groups in total. The van der Waals surface area contributed by atoms with E-state index in [1.54, 1.807) is 11.3 Å². The van der Waals surface area contributed by atoms with E-state index in [0.29, 0.717) is 5.25 Å². The number of rotatable bonds is 9. The highest BCUT2D eigenvalue weighted by Crippen LogP contribution is 2.40. The molecule has 8 aromatic rings. The Bertz CT molecular complexity index is 2670. The van der Waals surface area contributed by atoms with Gasteiger partial charge in [-0.1, -0.05) is 121 Å². The minimum Gasteiger partial charge on any atom is -0.311 e. The summed E-state index contributed by atoms with van der Waals surface area (Å²) in [5, 5.41) is 2.53. The van der Waals surface area contributed by atoms with E-state index in [2.05, 4.69) is 210 Å². The van der Waals surface area contributed by atoms with Crippen LogP contribution in [-0.2, 0) is 0 Å². The van der Waals surface area contributed by atoms with Crippen LogP contribution in [0, 0.1) is 0 Å². The lowest BCUT2D eigenvalue weighted by Crippen LogP contribution is -2.13. The second kappa shape index (κ2) is 15.0. The van der Waals surface area contributed by atoms with Crippen molar-refractivity contribution in [3.63, 3.8) is 0 Å². The fraction of sp³-hybridized carbons (Fsp3) is 0.0400. The molecular formula is C50H36N4S2. The van der Waals surface area contributed by atoms with E-state index in [1.807, 2.05) is 17.8 Å². The van der Waals surface area contributed by atoms with Gasteiger partial charge in [-0.15, -0.1) is 11.3 Å². The smallest absolute Gasteiger partial charge is 0.124 e. The van der Waals surface area contributed by atoms with Crippen molar-refractivity contribution in [1.82, 2.24) is 4.98 Å². The van der Waals surface area contributed by atoms with Gasteiger partial charge in [-0.3, -0.25) is 4.99 Å². The van der Waals surface area contributed by atoms with Gasteiger partial charge in [-0.05, 0) is 108 Å². The first-order valence-electron chi connectivity index (χ1n) is 18.8. The molecule has 0 fully saturated rings. The maximum atomic E-state index is 5.00. The standard InChI is InChI=1S/C50H36N4S2/c1-3-11-39(12-4-1)53(43-31-23-37(24-32-43)49-51-45-15-7-9-17-47(45)55-49)41-27-19-35(20-28-41)36-21-29-42(30-22-36)54(40-13-5-2-6-14-40)44-33-25-38(26-34-44)50-52-46-16-8-10-18-48(46)56-50/h1-34,45,47H. The maximum Gasteiger partial charge on any atom is 0.124 e. The van der Waals surface area contributed by atoms with Crippen molar-refractivity contribution in [2.24, 2.45) is 4.99 Å². The minimum atomic E-state index is 0.229. The lowest BCUT2D eigenvalue weighted by atomic mass is 10.0. The Morgan fingerprint density at radius 2 is 0.857 bits per heavy atom. The van der Waals surface area contributed by atoms with Crippen LogP contribution in [0.25, 0.3) is 31.9 Å². The molecule has 1 aliphatic heterocycles. The van der Waals surface area contributed by atoms with E-state index >= 15 is 0 Å². The number of hydrogen-bond donors (Lipinski definition) is 0. The number of para-hydroxylation sites is 3. The first-order valence-corrected chi connectivity index (χ1v) is 20.5. The number of nitrogens with zero attached hydrogens (tertiary/aromatic N) is 4. The second-order valence-corrected chi connectivity index (χ2v) is 16.0. The quantitative estimate of drug-likeness (QED) is 0.147. The van der Waals surface area contributed by atoms with Crippen molar-refractivity contribution in [2.45, 2.75) is 11.3 Å². The van der Waals surface area contributed by atoms with Crippen LogP contribution in [0.4, 0.5) is 34.1 Å². The molecule has 2 atom stereocenters. The third-order valence-corrected chi connectivity index (χ3v) is 12.6. The fourth-order valence-corrected chi connectivity index (χ4v) is 9.54. The van der Waals surface area contributed by atoms with Gasteiger partial charge in [0, 0.05) is 45.3 Å². The summed E-state index contributed by atoms with van der Waals surface area (Å²) >= 11 is 3.58. The van der Waals surface area contributed by atoms with Gasteiger partial charge >= 0.3 is 0 Å². The number of allylic oxidation sites excluding steroid dienone is 2. The molecule has 0 spiro atoms. The van der Waals surface area contributed by atoms with Crippen LogP contribution in [0.1, 0.15) is 5.56 Å². The molecule has 10 rings (SSSR count). The number of thioether (sulfide) groups is 1. The zero-order valence-corrected chi connectivity index (χ0v) is 32.0. The van der Waals surface area contributed by atoms with Crippen LogP contribution in [0.5, 0.6) is 0 Å². The molecule has 0 radical (unpaired) electrons. The van der Waals surface area contributed by atoms with Crippen molar-refractivity contribution < 1.29 is 0 Å². The topological polar surface area (TPSA) is 31.7 Å². The first kappa shape index (κ1) is 34.1. The molecule has 6 heteroatoms. The van der Waals surface area contributed by atoms with Crippen LogP contribution < -0.4 is 9.80 Å². The summed E-state index contributed by atoms with van der Waals surface area (Å²) in [7, 11) is 0. The van der Waals surface area contributed by atoms with Crippen molar-refractivity contribution in [1.29, 1.82) is 0 Å². The maximum absolute atomic E-state index is 5.00. The summed E-state index contributed by atoms with van der Waals surface area (Å²) in [4.78, 5) is 14.5. The average molecular weight is 757 g/mol. The van der Waals surface area contributed by atoms with E-state index in [1.165, 1.54) is 4.70 Å². The summed E-state index contributed by atoms with van der Waals surface area (Å²) in [6.07, 6.45) is 8.67. The molecule has 268 valence electrons. The van der Waals surface area contributed by atoms with Crippen LogP contribution in [-0.4, -0.2) is 21.3 Å². The summed E-state index contributed by atoms with van der Waals surface area (Å²) in [5.41, 5.74) is 12.3. The van der Waals surface area contributed by atoms with Gasteiger partial charge in [0.2, 0.25) is 0 Å². The van der Waals surface area contributed by atoms with Gasteiger partial charge in [-0.25, -0.2) is 4.98 Å². The third kappa shape index (κ3) is 6.74. The van der Waals surface area contributed by atoms with Gasteiger partial charge in [0.15, 0.2) is 0 Å². The highest BCUT2D eigenvalue weighted by Gasteiger charge is 2.28. The third-order valence-electron chi connectivity index (χ3n) is 10.2. The van der Waals surface area contributed by atoms with E-state index in [-0.39, 0.29) is 6.04 Å². The molecule has 1 aromatic heterocycles. The van der Waals surface area contributed by atoms with E-state index in [0.717, 1.165) is 71.9 Å². The van der Waals surface area contributed by atoms with Crippen LogP contribution >= 0.6 is 23.1 Å². The summed E-state index contributed by atoms with van der Waals surface area (Å²) < 4.78 is 1.20. The number of anilines is 6. The van der Waals surface area contributed by atoms with Gasteiger partial charge in [0.1, 0.15) is 5.01 Å². The predicted octanol–water partition coefficient (Wildman–Crippen LogP) is 13.9. The van der Waals surface area contributed by atoms with Crippen LogP contribution in [0.15, 0.2) is 211 Å². The SMILES string of the molecule is C1=CC2N=C(c3ccc(N(c4ccccc4)c4ccc(-c5ccc(N(c6ccccc6)c6ccc(-c7nc8ccccc8s7)cc6)cc5)cc4)cc3)SC2C=C1. The zero-order chi connectivity index (χ0) is 37.3. The average Bonchev–Trinajstić information content (AvgIpc) is 3.91. The molecule has 2 aliphatic rings. The van der Waals surface area contributed by atoms with Crippen LogP contribution in [0.3, 0.4) is 0 Å². The molecule has 4 nitrogen and oxygen atoms in total. The van der Waals surface area contributed by atoms with Crippen molar-refractivity contribution in [2.75, 3.05) is 9.80 Å². The number of benzene rings is 7. The van der Waals surface area contributed by atoms with E-state index in [9.17, 15) is 0 Å². The van der Waals surface area contributed by atoms with Crippen LogP contribution in [0.2, 0.25) is 0 Å². The van der Waals surface area contributed by atoms with E-state index < -0.39 is 0 Å². The molecule has 0 amide bonds. The Morgan fingerprint density at radius 1 is 0.411 bits per heavy atom. The first-order chi connectivity index (χ1) is 27.7. The number of aliphatic imine (C=N–C) groups is 1. The minimum absolute atomic E-state index is 0.229. The lowest BCUT2D eigenvalue weighted by molar-refractivity contribution is 0.862. The van der Waals surface area contributed by atoms with Crippen molar-refractivity contribution in [3.05, 3.63) is 212 Å². The Balaban J connectivity index is 0.914. The lowest BCUT2D eigenvalue weighted by Gasteiger charge is -2.26. The van der Waals surface area contributed by atoms with Crippen molar-refractivity contribution >= 4 is 72.5 Å². The number of thiazole rings is 1. The largest absolute Gasteiger partial charge is 0.311 e. The molecule has 1 aliphatic carbocycles. The molecule has 56 heavy (non-hydrogen) atoms. The summed E-state index contributed by atoms with van der Waals surface area (Å²) in [6.45, 7) is 0. The molecular weight excluding hydrogens is 721 g/mol. The van der Waals surface area contributed by atoms with Crippen molar-refractivity contribution in [3.8, 4) is 21.7 Å².